The summed E-state index contributed by atoms with van der Waals surface area (Å²) in [5.74, 6) is -0.631. The quantitative estimate of drug-likeness (QED) is 0.425. The van der Waals surface area contributed by atoms with Gasteiger partial charge in [-0.1, -0.05) is 42.0 Å². The highest BCUT2D eigenvalue weighted by Gasteiger charge is 2.30. The molecule has 2 atom stereocenters. The van der Waals surface area contributed by atoms with E-state index < -0.39 is 24.6 Å². The van der Waals surface area contributed by atoms with Gasteiger partial charge in [-0.25, -0.2) is 14.4 Å². The third-order valence-electron chi connectivity index (χ3n) is 5.78. The average Bonchev–Trinajstić information content (AvgIpc) is 3.63. The fourth-order valence-electron chi connectivity index (χ4n) is 3.83. The Morgan fingerprint density at radius 3 is 2.32 bits per heavy atom. The molecule has 6 nitrogen and oxygen atoms in total. The van der Waals surface area contributed by atoms with Crippen molar-refractivity contribution in [1.82, 2.24) is 9.97 Å². The molecule has 0 bridgehead atoms. The number of carboxylic acids is 1. The van der Waals surface area contributed by atoms with Crippen molar-refractivity contribution >= 4 is 12.0 Å². The van der Waals surface area contributed by atoms with E-state index in [2.05, 4.69) is 0 Å². The minimum Gasteiger partial charge on any atom is -0.481 e. The Morgan fingerprint density at radius 2 is 1.71 bits per heavy atom. The molecule has 1 saturated carbocycles. The highest BCUT2D eigenvalue weighted by atomic mass is 19.1. The molecule has 1 heterocycles. The fourth-order valence-corrected chi connectivity index (χ4v) is 3.83. The van der Waals surface area contributed by atoms with Gasteiger partial charge in [0.1, 0.15) is 5.82 Å². The summed E-state index contributed by atoms with van der Waals surface area (Å²) in [7, 11) is 0. The number of carboxylic acid groups (broad SMARTS) is 1. The van der Waals surface area contributed by atoms with Gasteiger partial charge >= 0.3 is 5.97 Å². The second kappa shape index (κ2) is 10.2. The number of carbonyl (C=O) groups is 1. The number of hydrogen-bond acceptors (Lipinski definition) is 5. The SMILES string of the molecule is Cc1ccc(-c2nc(-c3ccc(F)cc3)c(C=CC(O)CC(O)CC(=O)O)c(C3CC3)n2)cc1. The topological polar surface area (TPSA) is 104 Å². The smallest absolute Gasteiger partial charge is 0.305 e. The standard InChI is InChI=1S/C27H27FN2O4/c1-16-2-4-19(5-3-16)27-29-25(17-6-7-17)23(13-12-21(31)14-22(32)15-24(33)34)26(30-27)18-8-10-20(28)11-9-18/h2-5,8-13,17,21-22,31-32H,6-7,14-15H2,1H3,(H,33,34). The molecule has 7 heteroatoms. The van der Waals surface area contributed by atoms with E-state index in [0.717, 1.165) is 40.8 Å². The summed E-state index contributed by atoms with van der Waals surface area (Å²) >= 11 is 0. The van der Waals surface area contributed by atoms with E-state index in [1.807, 2.05) is 31.2 Å². The number of hydrogen-bond donors (Lipinski definition) is 3. The number of nitrogens with zero attached hydrogens (tertiary/aromatic N) is 2. The van der Waals surface area contributed by atoms with E-state index in [1.54, 1.807) is 18.2 Å². The summed E-state index contributed by atoms with van der Waals surface area (Å²) in [4.78, 5) is 20.5. The van der Waals surface area contributed by atoms with E-state index in [-0.39, 0.29) is 18.2 Å². The van der Waals surface area contributed by atoms with Crippen LogP contribution in [0.1, 0.15) is 48.4 Å². The zero-order valence-corrected chi connectivity index (χ0v) is 18.9. The highest BCUT2D eigenvalue weighted by molar-refractivity contribution is 5.76. The average molecular weight is 463 g/mol. The predicted molar refractivity (Wildman–Crippen MR) is 127 cm³/mol. The number of halogens is 1. The van der Waals surface area contributed by atoms with Crippen molar-refractivity contribution in [3.8, 4) is 22.6 Å². The maximum atomic E-state index is 13.6. The van der Waals surface area contributed by atoms with Crippen LogP contribution in [-0.4, -0.2) is 43.5 Å². The molecule has 34 heavy (non-hydrogen) atoms. The van der Waals surface area contributed by atoms with Gasteiger partial charge in [0.15, 0.2) is 5.82 Å². The summed E-state index contributed by atoms with van der Waals surface area (Å²) in [6.45, 7) is 2.01. The molecule has 4 rings (SSSR count). The Hall–Kier alpha value is -3.42. The molecule has 1 aliphatic rings. The lowest BCUT2D eigenvalue weighted by Crippen LogP contribution is -2.19. The number of rotatable bonds is 9. The van der Waals surface area contributed by atoms with E-state index in [1.165, 1.54) is 18.2 Å². The maximum absolute atomic E-state index is 13.6. The van der Waals surface area contributed by atoms with Crippen molar-refractivity contribution in [1.29, 1.82) is 0 Å². The van der Waals surface area contributed by atoms with Crippen molar-refractivity contribution < 1.29 is 24.5 Å². The fraction of sp³-hybridized carbons (Fsp3) is 0.296. The minimum absolute atomic E-state index is 0.101. The Kier molecular flexibility index (Phi) is 7.14. The third kappa shape index (κ3) is 5.92. The lowest BCUT2D eigenvalue weighted by molar-refractivity contribution is -0.139. The van der Waals surface area contributed by atoms with Gasteiger partial charge in [0.05, 0.1) is 30.0 Å². The van der Waals surface area contributed by atoms with Crippen molar-refractivity contribution in [2.45, 2.75) is 50.7 Å². The second-order valence-electron chi connectivity index (χ2n) is 8.76. The van der Waals surface area contributed by atoms with Gasteiger partial charge in [-0.05, 0) is 44.0 Å². The summed E-state index contributed by atoms with van der Waals surface area (Å²) in [6, 6.07) is 14.0. The molecule has 0 radical (unpaired) electrons. The lowest BCUT2D eigenvalue weighted by Gasteiger charge is -2.15. The van der Waals surface area contributed by atoms with E-state index in [0.29, 0.717) is 11.5 Å². The van der Waals surface area contributed by atoms with Crippen molar-refractivity contribution in [3.63, 3.8) is 0 Å². The number of aliphatic carboxylic acids is 1. The third-order valence-corrected chi connectivity index (χ3v) is 5.78. The molecule has 0 aliphatic heterocycles. The van der Waals surface area contributed by atoms with Crippen molar-refractivity contribution in [3.05, 3.63) is 77.2 Å². The van der Waals surface area contributed by atoms with Crippen LogP contribution in [0, 0.1) is 12.7 Å². The first-order chi connectivity index (χ1) is 16.3. The molecule has 2 aromatic carbocycles. The summed E-state index contributed by atoms with van der Waals surface area (Å²) < 4.78 is 13.6. The van der Waals surface area contributed by atoms with Gasteiger partial charge in [0.2, 0.25) is 0 Å². The van der Waals surface area contributed by atoms with Crippen LogP contribution in [0.3, 0.4) is 0 Å². The number of benzene rings is 2. The largest absolute Gasteiger partial charge is 0.481 e. The van der Waals surface area contributed by atoms with E-state index in [9.17, 15) is 19.4 Å². The molecule has 2 unspecified atom stereocenters. The number of aliphatic hydroxyl groups is 2. The van der Waals surface area contributed by atoms with E-state index >= 15 is 0 Å². The molecular weight excluding hydrogens is 435 g/mol. The van der Waals surface area contributed by atoms with E-state index in [4.69, 9.17) is 15.1 Å². The zero-order valence-electron chi connectivity index (χ0n) is 18.9. The summed E-state index contributed by atoms with van der Waals surface area (Å²) in [5.41, 5.74) is 4.95. The molecule has 176 valence electrons. The molecule has 0 saturated heterocycles. The van der Waals surface area contributed by atoms with Crippen LogP contribution in [0.4, 0.5) is 4.39 Å². The zero-order chi connectivity index (χ0) is 24.2. The van der Waals surface area contributed by atoms with Crippen molar-refractivity contribution in [2.24, 2.45) is 0 Å². The van der Waals surface area contributed by atoms with Gasteiger partial charge in [-0.3, -0.25) is 4.79 Å². The molecule has 1 aromatic heterocycles. The van der Waals surface area contributed by atoms with Crippen LogP contribution in [0.2, 0.25) is 0 Å². The number of aromatic nitrogens is 2. The molecule has 3 aromatic rings. The van der Waals surface area contributed by atoms with Crippen molar-refractivity contribution in [2.75, 3.05) is 0 Å². The number of aliphatic hydroxyl groups excluding tert-OH is 2. The first kappa shape index (κ1) is 23.7. The van der Waals surface area contributed by atoms with Gasteiger partial charge in [0, 0.05) is 29.0 Å². The van der Waals surface area contributed by atoms with Gasteiger partial charge in [-0.2, -0.15) is 0 Å². The molecule has 0 spiro atoms. The van der Waals surface area contributed by atoms with Crippen LogP contribution >= 0.6 is 0 Å². The Labute approximate surface area is 197 Å². The Bertz CT molecular complexity index is 1190. The maximum Gasteiger partial charge on any atom is 0.305 e. The van der Waals surface area contributed by atoms with Gasteiger partial charge in [-0.15, -0.1) is 0 Å². The van der Waals surface area contributed by atoms with Gasteiger partial charge < -0.3 is 15.3 Å². The van der Waals surface area contributed by atoms with Crippen LogP contribution < -0.4 is 0 Å². The lowest BCUT2D eigenvalue weighted by atomic mass is 9.99. The first-order valence-electron chi connectivity index (χ1n) is 11.3. The Balaban J connectivity index is 1.76. The highest BCUT2D eigenvalue weighted by Crippen LogP contribution is 2.43. The molecule has 1 fully saturated rings. The molecule has 0 amide bonds. The Morgan fingerprint density at radius 1 is 1.06 bits per heavy atom. The monoisotopic (exact) mass is 462 g/mol. The minimum atomic E-state index is -1.16. The first-order valence-corrected chi connectivity index (χ1v) is 11.3. The summed E-state index contributed by atoms with van der Waals surface area (Å²) in [5, 5.41) is 29.0. The van der Waals surface area contributed by atoms with Crippen LogP contribution in [0.5, 0.6) is 0 Å². The normalized spacial score (nSPS) is 15.4. The van der Waals surface area contributed by atoms with Gasteiger partial charge in [0.25, 0.3) is 0 Å². The summed E-state index contributed by atoms with van der Waals surface area (Å²) in [6.07, 6.45) is 2.50. The van der Waals surface area contributed by atoms with Crippen LogP contribution in [0.25, 0.3) is 28.7 Å². The predicted octanol–water partition coefficient (Wildman–Crippen LogP) is 4.74. The number of aryl methyl sites for hydroxylation is 1. The molecule has 3 N–H and O–H groups in total. The molecule has 1 aliphatic carbocycles. The molecular formula is C27H27FN2O4. The van der Waals surface area contributed by atoms with Crippen LogP contribution in [-0.2, 0) is 4.79 Å². The van der Waals surface area contributed by atoms with Crippen LogP contribution in [0.15, 0.2) is 54.6 Å². The second-order valence-corrected chi connectivity index (χ2v) is 8.76.